The summed E-state index contributed by atoms with van der Waals surface area (Å²) in [6.45, 7) is 21.3. The number of rotatable bonds is 6. The van der Waals surface area contributed by atoms with Crippen molar-refractivity contribution in [3.8, 4) is 0 Å². The molecular formula is C32H52O2. The molecule has 0 heterocycles. The first-order chi connectivity index (χ1) is 15.8. The molecule has 4 rings (SSSR count). The van der Waals surface area contributed by atoms with Gasteiger partial charge in [-0.3, -0.25) is 4.79 Å². The number of ether oxygens (including phenoxy) is 1. The summed E-state index contributed by atoms with van der Waals surface area (Å²) in [5.74, 6) is 2.84. The summed E-state index contributed by atoms with van der Waals surface area (Å²) in [4.78, 5) is 11.8. The first-order valence-corrected chi connectivity index (χ1v) is 14.4. The molecule has 0 saturated heterocycles. The smallest absolute Gasteiger partial charge is 0.302 e. The zero-order chi connectivity index (χ0) is 25.1. The fourth-order valence-corrected chi connectivity index (χ4v) is 9.39. The Balaban J connectivity index is 1.62. The second kappa shape index (κ2) is 8.81. The molecule has 0 amide bonds. The molecule has 0 aromatic carbocycles. The summed E-state index contributed by atoms with van der Waals surface area (Å²) in [6, 6.07) is 0. The Morgan fingerprint density at radius 2 is 1.71 bits per heavy atom. The highest BCUT2D eigenvalue weighted by Crippen LogP contribution is 2.71. The van der Waals surface area contributed by atoms with Gasteiger partial charge in [-0.2, -0.15) is 0 Å². The molecule has 0 bridgehead atoms. The van der Waals surface area contributed by atoms with Crippen molar-refractivity contribution in [2.45, 2.75) is 126 Å². The van der Waals surface area contributed by atoms with Gasteiger partial charge in [0, 0.05) is 12.3 Å². The van der Waals surface area contributed by atoms with E-state index in [0.29, 0.717) is 16.7 Å². The van der Waals surface area contributed by atoms with Crippen LogP contribution in [0.5, 0.6) is 0 Å². The van der Waals surface area contributed by atoms with Crippen molar-refractivity contribution in [2.75, 3.05) is 0 Å². The van der Waals surface area contributed by atoms with Crippen LogP contribution in [0.2, 0.25) is 0 Å². The Hall–Kier alpha value is -1.05. The van der Waals surface area contributed by atoms with Crippen molar-refractivity contribution >= 4 is 5.97 Å². The molecule has 4 aliphatic carbocycles. The normalized spacial score (nSPS) is 41.6. The molecule has 0 aliphatic heterocycles. The SMILES string of the molecule is CC(=O)O[C@H]1CC[C@]2(C)C3=CC[C@@]4(C)[C@@H]([C@H](C)CCCC(C)C)CC[C@]4(C)C3=CC[C@H]2C1(C)C. The minimum absolute atomic E-state index is 0.00760. The van der Waals surface area contributed by atoms with Crippen LogP contribution in [0.3, 0.4) is 0 Å². The van der Waals surface area contributed by atoms with Crippen molar-refractivity contribution in [3.05, 3.63) is 23.3 Å². The Labute approximate surface area is 210 Å². The molecule has 0 aromatic heterocycles. The first-order valence-electron chi connectivity index (χ1n) is 14.4. The van der Waals surface area contributed by atoms with Crippen molar-refractivity contribution in [1.82, 2.24) is 0 Å². The van der Waals surface area contributed by atoms with Gasteiger partial charge in [0.15, 0.2) is 0 Å². The van der Waals surface area contributed by atoms with Gasteiger partial charge < -0.3 is 4.74 Å². The predicted octanol–water partition coefficient (Wildman–Crippen LogP) is 8.91. The van der Waals surface area contributed by atoms with Crippen LogP contribution in [0.4, 0.5) is 0 Å². The fraction of sp³-hybridized carbons (Fsp3) is 0.844. The number of hydrogen-bond donors (Lipinski definition) is 0. The second-order valence-electron chi connectivity index (χ2n) is 14.3. The van der Waals surface area contributed by atoms with E-state index in [4.69, 9.17) is 4.74 Å². The maximum Gasteiger partial charge on any atom is 0.302 e. The van der Waals surface area contributed by atoms with Crippen LogP contribution in [0.1, 0.15) is 120 Å². The number of allylic oxidation sites excluding steroid dienone is 4. The minimum Gasteiger partial charge on any atom is -0.462 e. The molecular weight excluding hydrogens is 416 g/mol. The molecule has 2 nitrogen and oxygen atoms in total. The molecule has 2 saturated carbocycles. The van der Waals surface area contributed by atoms with Crippen LogP contribution in [0.25, 0.3) is 0 Å². The van der Waals surface area contributed by atoms with Gasteiger partial charge in [-0.1, -0.05) is 86.8 Å². The maximum atomic E-state index is 11.8. The lowest BCUT2D eigenvalue weighted by atomic mass is 9.44. The van der Waals surface area contributed by atoms with Crippen LogP contribution < -0.4 is 0 Å². The lowest BCUT2D eigenvalue weighted by Crippen LogP contribution is -2.55. The lowest BCUT2D eigenvalue weighted by molar-refractivity contribution is -0.165. The van der Waals surface area contributed by atoms with Crippen molar-refractivity contribution in [3.63, 3.8) is 0 Å². The highest BCUT2D eigenvalue weighted by atomic mass is 16.5. The van der Waals surface area contributed by atoms with Gasteiger partial charge >= 0.3 is 5.97 Å². The lowest BCUT2D eigenvalue weighted by Gasteiger charge is -2.61. The van der Waals surface area contributed by atoms with Gasteiger partial charge in [0.2, 0.25) is 0 Å². The van der Waals surface area contributed by atoms with E-state index in [-0.39, 0.29) is 22.9 Å². The van der Waals surface area contributed by atoms with Crippen LogP contribution in [0, 0.1) is 45.3 Å². The molecule has 2 heteroatoms. The Kier molecular flexibility index (Phi) is 6.74. The summed E-state index contributed by atoms with van der Waals surface area (Å²) < 4.78 is 5.85. The first kappa shape index (κ1) is 26.0. The van der Waals surface area contributed by atoms with Gasteiger partial charge in [0.1, 0.15) is 6.10 Å². The van der Waals surface area contributed by atoms with Crippen LogP contribution in [-0.2, 0) is 9.53 Å². The highest BCUT2D eigenvalue weighted by molar-refractivity contribution is 5.66. The monoisotopic (exact) mass is 468 g/mol. The average Bonchev–Trinajstić information content (AvgIpc) is 3.01. The van der Waals surface area contributed by atoms with E-state index in [1.165, 1.54) is 38.5 Å². The highest BCUT2D eigenvalue weighted by Gasteiger charge is 2.63. The summed E-state index contributed by atoms with van der Waals surface area (Å²) in [6.07, 6.45) is 16.7. The zero-order valence-electron chi connectivity index (χ0n) is 23.7. The average molecular weight is 469 g/mol. The van der Waals surface area contributed by atoms with E-state index in [0.717, 1.165) is 37.0 Å². The third-order valence-corrected chi connectivity index (χ3v) is 11.7. The second-order valence-corrected chi connectivity index (χ2v) is 14.3. The van der Waals surface area contributed by atoms with Crippen LogP contribution in [-0.4, -0.2) is 12.1 Å². The molecule has 192 valence electrons. The standard InChI is InChI=1S/C32H52O2/c1-21(2)11-10-12-22(3)24-15-19-32(9)26-13-14-27-29(5,6)28(34-23(4)33)17-18-30(27,7)25(26)16-20-31(24,32)8/h13,16,21-22,24,27-28H,10-12,14-15,17-20H2,1-9H3/t22-,24-,27+,28+,30-,31+,32-/m1/s1. The molecule has 0 unspecified atom stereocenters. The third-order valence-electron chi connectivity index (χ3n) is 11.7. The molecule has 0 spiro atoms. The third kappa shape index (κ3) is 3.85. The van der Waals surface area contributed by atoms with E-state index in [1.807, 2.05) is 0 Å². The van der Waals surface area contributed by atoms with Crippen LogP contribution >= 0.6 is 0 Å². The number of hydrogen-bond acceptors (Lipinski definition) is 2. The summed E-state index contributed by atoms with van der Waals surface area (Å²) in [5, 5.41) is 0. The minimum atomic E-state index is -0.131. The van der Waals surface area contributed by atoms with Gasteiger partial charge in [0.05, 0.1) is 0 Å². The Morgan fingerprint density at radius 3 is 2.35 bits per heavy atom. The maximum absolute atomic E-state index is 11.8. The largest absolute Gasteiger partial charge is 0.462 e. The topological polar surface area (TPSA) is 26.3 Å². The number of esters is 1. The van der Waals surface area contributed by atoms with E-state index >= 15 is 0 Å². The van der Waals surface area contributed by atoms with Gasteiger partial charge in [-0.05, 0) is 89.6 Å². The predicted molar refractivity (Wildman–Crippen MR) is 142 cm³/mol. The van der Waals surface area contributed by atoms with Gasteiger partial charge in [-0.15, -0.1) is 0 Å². The summed E-state index contributed by atoms with van der Waals surface area (Å²) in [5.41, 5.74) is 4.19. The van der Waals surface area contributed by atoms with E-state index in [1.54, 1.807) is 18.1 Å². The number of carbonyl (C=O) groups excluding carboxylic acids is 1. The Morgan fingerprint density at radius 1 is 1.00 bits per heavy atom. The van der Waals surface area contributed by atoms with Crippen molar-refractivity contribution in [2.24, 2.45) is 45.3 Å². The zero-order valence-corrected chi connectivity index (χ0v) is 23.7. The molecule has 34 heavy (non-hydrogen) atoms. The quantitative estimate of drug-likeness (QED) is 0.364. The molecule has 0 radical (unpaired) electrons. The Bertz CT molecular complexity index is 862. The van der Waals surface area contributed by atoms with Crippen molar-refractivity contribution < 1.29 is 9.53 Å². The van der Waals surface area contributed by atoms with E-state index in [9.17, 15) is 4.79 Å². The number of carbonyl (C=O) groups is 1. The van der Waals surface area contributed by atoms with E-state index in [2.05, 4.69) is 67.5 Å². The van der Waals surface area contributed by atoms with Gasteiger partial charge in [-0.25, -0.2) is 0 Å². The van der Waals surface area contributed by atoms with E-state index < -0.39 is 0 Å². The number of fused-ring (bicyclic) bond motifs is 5. The summed E-state index contributed by atoms with van der Waals surface area (Å²) >= 11 is 0. The van der Waals surface area contributed by atoms with Crippen LogP contribution in [0.15, 0.2) is 23.3 Å². The fourth-order valence-electron chi connectivity index (χ4n) is 9.39. The molecule has 0 N–H and O–H groups in total. The molecule has 2 fully saturated rings. The van der Waals surface area contributed by atoms with Gasteiger partial charge in [0.25, 0.3) is 0 Å². The molecule has 7 atom stereocenters. The molecule has 4 aliphatic rings. The molecule has 0 aromatic rings. The van der Waals surface area contributed by atoms with Crippen molar-refractivity contribution in [1.29, 1.82) is 0 Å². The summed E-state index contributed by atoms with van der Waals surface area (Å²) in [7, 11) is 0.